The summed E-state index contributed by atoms with van der Waals surface area (Å²) in [5.74, 6) is -3.41. The SMILES string of the molecule is NCCN.NCCN.O=C([O-])c1cc([N+](=O)[O-])cc([N+](=O)[O-])c1.O=C([O-])c1cc([N+](=O)[O-])cc([N+](=O)[O-])c1.[Cd+2]. The molecule has 0 fully saturated rings. The van der Waals surface area contributed by atoms with E-state index in [0.717, 1.165) is 0 Å². The molecule has 39 heavy (non-hydrogen) atoms. The molecule has 8 N–H and O–H groups in total. The van der Waals surface area contributed by atoms with Crippen LogP contribution in [0.2, 0.25) is 0 Å². The molecule has 0 radical (unpaired) electrons. The van der Waals surface area contributed by atoms with E-state index in [1.54, 1.807) is 0 Å². The Morgan fingerprint density at radius 2 is 0.692 bits per heavy atom. The van der Waals surface area contributed by atoms with Crippen LogP contribution in [0.4, 0.5) is 22.7 Å². The maximum atomic E-state index is 10.4. The molecule has 0 spiro atoms. The zero-order valence-corrected chi connectivity index (χ0v) is 24.0. The molecule has 2 aromatic carbocycles. The van der Waals surface area contributed by atoms with Crippen molar-refractivity contribution in [3.05, 3.63) is 88.0 Å². The number of non-ortho nitro benzene ring substituents is 4. The van der Waals surface area contributed by atoms with Crippen molar-refractivity contribution < 1.29 is 66.8 Å². The number of carbonyl (C=O) groups is 2. The Bertz CT molecular complexity index is 913. The predicted molar refractivity (Wildman–Crippen MR) is 124 cm³/mol. The largest absolute Gasteiger partial charge is 2.00 e. The number of nitrogens with two attached hydrogens (primary N) is 4. The molecule has 2 rings (SSSR count). The van der Waals surface area contributed by atoms with Crippen molar-refractivity contribution in [3.8, 4) is 0 Å². The Labute approximate surface area is 238 Å². The first-order valence-electron chi connectivity index (χ1n) is 9.77. The summed E-state index contributed by atoms with van der Waals surface area (Å²) in [5.41, 5.74) is 15.8. The van der Waals surface area contributed by atoms with Crippen LogP contribution in [0.1, 0.15) is 20.7 Å². The number of nitro benzene ring substituents is 4. The number of nitro groups is 4. The van der Waals surface area contributed by atoms with E-state index >= 15 is 0 Å². The summed E-state index contributed by atoms with van der Waals surface area (Å²) in [6.07, 6.45) is 0. The first kappa shape index (κ1) is 39.3. The Kier molecular flexibility index (Phi) is 20.9. The van der Waals surface area contributed by atoms with Crippen LogP contribution < -0.4 is 33.1 Å². The minimum Gasteiger partial charge on any atom is -0.545 e. The number of carboxylic acid groups (broad SMARTS) is 2. The molecule has 208 valence electrons. The third-order valence-corrected chi connectivity index (χ3v) is 3.45. The monoisotopic (exact) mass is 656 g/mol. The van der Waals surface area contributed by atoms with Gasteiger partial charge < -0.3 is 42.7 Å². The molecule has 0 aromatic heterocycles. The minimum absolute atomic E-state index is 0. The van der Waals surface area contributed by atoms with Gasteiger partial charge in [0.1, 0.15) is 0 Å². The molecule has 0 heterocycles. The summed E-state index contributed by atoms with van der Waals surface area (Å²) >= 11 is 0. The van der Waals surface area contributed by atoms with Crippen molar-refractivity contribution in [2.45, 2.75) is 0 Å². The first-order chi connectivity index (χ1) is 17.7. The van der Waals surface area contributed by atoms with Crippen LogP contribution in [0.25, 0.3) is 0 Å². The molecule has 0 bridgehead atoms. The molecule has 0 aliphatic rings. The fourth-order valence-corrected chi connectivity index (χ4v) is 1.85. The van der Waals surface area contributed by atoms with Gasteiger partial charge in [-0.1, -0.05) is 0 Å². The van der Waals surface area contributed by atoms with Gasteiger partial charge in [-0.05, 0) is 0 Å². The molecular formula is C18H22CdN8O12. The average Bonchev–Trinajstić information content (AvgIpc) is 2.88. The first-order valence-corrected chi connectivity index (χ1v) is 9.77. The zero-order valence-electron chi connectivity index (χ0n) is 20.0. The number of benzene rings is 2. The van der Waals surface area contributed by atoms with E-state index in [4.69, 9.17) is 22.9 Å². The predicted octanol–water partition coefficient (Wildman–Crippen LogP) is -2.46. The van der Waals surface area contributed by atoms with E-state index in [0.29, 0.717) is 62.6 Å². The Hall–Kier alpha value is -4.26. The van der Waals surface area contributed by atoms with Gasteiger partial charge in [-0.2, -0.15) is 0 Å². The number of carboxylic acids is 2. The van der Waals surface area contributed by atoms with Gasteiger partial charge in [-0.3, -0.25) is 40.5 Å². The number of aromatic carboxylic acids is 2. The van der Waals surface area contributed by atoms with Crippen LogP contribution in [0, 0.1) is 40.5 Å². The molecule has 0 saturated heterocycles. The summed E-state index contributed by atoms with van der Waals surface area (Å²) in [7, 11) is 0. The van der Waals surface area contributed by atoms with Crippen molar-refractivity contribution >= 4 is 34.7 Å². The second-order valence-corrected chi connectivity index (χ2v) is 6.23. The van der Waals surface area contributed by atoms with Gasteiger partial charge in [-0.25, -0.2) is 0 Å². The molecule has 0 saturated carbocycles. The summed E-state index contributed by atoms with van der Waals surface area (Å²) in [6, 6.07) is 4.13. The minimum atomic E-state index is -1.71. The maximum Gasteiger partial charge on any atom is 2.00 e. The molecule has 21 heteroatoms. The van der Waals surface area contributed by atoms with Gasteiger partial charge in [-0.15, -0.1) is 0 Å². The van der Waals surface area contributed by atoms with Crippen LogP contribution in [0.5, 0.6) is 0 Å². The fourth-order valence-electron chi connectivity index (χ4n) is 1.85. The van der Waals surface area contributed by atoms with Gasteiger partial charge in [0.25, 0.3) is 22.7 Å². The molecule has 0 atom stereocenters. The molecule has 20 nitrogen and oxygen atoms in total. The van der Waals surface area contributed by atoms with E-state index in [9.17, 15) is 60.3 Å². The Morgan fingerprint density at radius 3 is 0.795 bits per heavy atom. The smallest absolute Gasteiger partial charge is 0.545 e. The maximum absolute atomic E-state index is 10.4. The van der Waals surface area contributed by atoms with E-state index in [1.165, 1.54) is 0 Å². The van der Waals surface area contributed by atoms with Gasteiger partial charge in [0.15, 0.2) is 0 Å². The molecule has 0 aliphatic heterocycles. The van der Waals surface area contributed by atoms with Crippen molar-refractivity contribution in [2.75, 3.05) is 26.2 Å². The van der Waals surface area contributed by atoms with Crippen LogP contribution in [-0.4, -0.2) is 57.8 Å². The molecule has 2 aromatic rings. The van der Waals surface area contributed by atoms with Crippen molar-refractivity contribution in [2.24, 2.45) is 22.9 Å². The summed E-state index contributed by atoms with van der Waals surface area (Å²) in [5, 5.41) is 62.1. The van der Waals surface area contributed by atoms with Crippen molar-refractivity contribution in [1.82, 2.24) is 0 Å². The molecular weight excluding hydrogens is 633 g/mol. The number of hydrogen-bond donors (Lipinski definition) is 4. The second-order valence-electron chi connectivity index (χ2n) is 6.23. The van der Waals surface area contributed by atoms with Crippen molar-refractivity contribution in [1.29, 1.82) is 0 Å². The molecule has 0 aliphatic carbocycles. The summed E-state index contributed by atoms with van der Waals surface area (Å²) < 4.78 is 0. The zero-order chi connectivity index (χ0) is 30.0. The fraction of sp³-hybridized carbons (Fsp3) is 0.222. The van der Waals surface area contributed by atoms with E-state index in [2.05, 4.69) is 0 Å². The van der Waals surface area contributed by atoms with Gasteiger partial charge in [0.05, 0.1) is 43.8 Å². The second kappa shape index (κ2) is 20.8. The van der Waals surface area contributed by atoms with Gasteiger partial charge in [0.2, 0.25) is 0 Å². The molecule has 0 amide bonds. The number of carbonyl (C=O) groups excluding carboxylic acids is 2. The van der Waals surface area contributed by atoms with Crippen LogP contribution >= 0.6 is 0 Å². The van der Waals surface area contributed by atoms with E-state index in [1.807, 2.05) is 0 Å². The number of rotatable bonds is 8. The van der Waals surface area contributed by atoms with Gasteiger partial charge >= 0.3 is 27.3 Å². The summed E-state index contributed by atoms with van der Waals surface area (Å²) in [4.78, 5) is 58.4. The third-order valence-electron chi connectivity index (χ3n) is 3.45. The normalized spacial score (nSPS) is 8.92. The third kappa shape index (κ3) is 16.2. The average molecular weight is 655 g/mol. The summed E-state index contributed by atoms with van der Waals surface area (Å²) in [6.45, 7) is 2.39. The van der Waals surface area contributed by atoms with Crippen LogP contribution in [-0.2, 0) is 27.3 Å². The Morgan fingerprint density at radius 1 is 0.513 bits per heavy atom. The van der Waals surface area contributed by atoms with Gasteiger partial charge in [0, 0.05) is 61.6 Å². The standard InChI is InChI=1S/2C7H4N2O6.2C2H8N2.Cd/c2*10-7(11)4-1-5(8(12)13)3-6(2-4)9(14)15;2*3-1-2-4;/h2*1-3H,(H,10,11);2*1-4H2;/q;;;;+2/p-2. The van der Waals surface area contributed by atoms with Crippen LogP contribution in [0.3, 0.4) is 0 Å². The quantitative estimate of drug-likeness (QED) is 0.130. The number of nitrogens with zero attached hydrogens (tertiary/aromatic N) is 4. The van der Waals surface area contributed by atoms with E-state index in [-0.39, 0.29) is 27.3 Å². The van der Waals surface area contributed by atoms with Crippen LogP contribution in [0.15, 0.2) is 36.4 Å². The Balaban J connectivity index is -0.000000512. The number of hydrogen-bond acceptors (Lipinski definition) is 16. The van der Waals surface area contributed by atoms with E-state index < -0.39 is 65.5 Å². The topological polar surface area (TPSA) is 357 Å². The van der Waals surface area contributed by atoms with Crippen molar-refractivity contribution in [3.63, 3.8) is 0 Å². The molecule has 0 unspecified atom stereocenters.